The average molecular weight is 497 g/mol. The summed E-state index contributed by atoms with van der Waals surface area (Å²) in [5.41, 5.74) is 15.0. The minimum Gasteiger partial charge on any atom is -0.397 e. The lowest BCUT2D eigenvalue weighted by molar-refractivity contribution is -0.0902. The van der Waals surface area contributed by atoms with Gasteiger partial charge in [-0.1, -0.05) is 41.5 Å². The van der Waals surface area contributed by atoms with Crippen LogP contribution in [0.15, 0.2) is 36.9 Å². The number of aliphatic hydroxyl groups is 2. The Labute approximate surface area is 217 Å². The van der Waals surface area contributed by atoms with Gasteiger partial charge in [0.25, 0.3) is 0 Å². The average Bonchev–Trinajstić information content (AvgIpc) is 2.86. The van der Waals surface area contributed by atoms with Crippen LogP contribution in [0.25, 0.3) is 0 Å². The number of nitrogen functional groups attached to an aromatic ring is 2. The van der Waals surface area contributed by atoms with E-state index in [2.05, 4.69) is 51.5 Å². The summed E-state index contributed by atoms with van der Waals surface area (Å²) < 4.78 is 0. The lowest BCUT2D eigenvalue weighted by Crippen LogP contribution is -2.47. The van der Waals surface area contributed by atoms with Gasteiger partial charge in [0.15, 0.2) is 0 Å². The Kier molecular flexibility index (Phi) is 9.05. The van der Waals surface area contributed by atoms with Crippen molar-refractivity contribution in [1.29, 1.82) is 0 Å². The fraction of sp³-hybridized carbons (Fsp3) is 0.667. The summed E-state index contributed by atoms with van der Waals surface area (Å²) in [6.45, 7) is 12.8. The minimum absolute atomic E-state index is 0.309. The second kappa shape index (κ2) is 11.5. The van der Waals surface area contributed by atoms with Crippen LogP contribution >= 0.6 is 0 Å². The fourth-order valence-corrected chi connectivity index (χ4v) is 7.17. The summed E-state index contributed by atoms with van der Waals surface area (Å²) in [5, 5.41) is 21.4. The molecule has 6 heteroatoms. The standard InChI is InChI=1S/2C15H24N2O/c2*1-4-15(18)10(2)7-12(8-11(15)3)13-5-6-17-9-14(13)16/h2*5-6,9-12,18H,4,7-8,16H2,1-3H3/t2*10-,11+,12?,15?. The zero-order valence-electron chi connectivity index (χ0n) is 23.1. The Morgan fingerprint density at radius 1 is 0.694 bits per heavy atom. The van der Waals surface area contributed by atoms with Gasteiger partial charge in [0.1, 0.15) is 0 Å². The highest BCUT2D eigenvalue weighted by Crippen LogP contribution is 2.48. The van der Waals surface area contributed by atoms with E-state index in [0.29, 0.717) is 35.5 Å². The van der Waals surface area contributed by atoms with Crippen molar-refractivity contribution in [3.05, 3.63) is 48.0 Å². The Morgan fingerprint density at radius 2 is 1.00 bits per heavy atom. The molecule has 2 fully saturated rings. The van der Waals surface area contributed by atoms with E-state index >= 15 is 0 Å². The second-order valence-corrected chi connectivity index (χ2v) is 11.6. The summed E-state index contributed by atoms with van der Waals surface area (Å²) in [6.07, 6.45) is 12.7. The van der Waals surface area contributed by atoms with Gasteiger partial charge in [-0.2, -0.15) is 0 Å². The van der Waals surface area contributed by atoms with Crippen LogP contribution < -0.4 is 11.5 Å². The van der Waals surface area contributed by atoms with Crippen molar-refractivity contribution in [2.24, 2.45) is 23.7 Å². The van der Waals surface area contributed by atoms with Crippen LogP contribution in [0.3, 0.4) is 0 Å². The molecule has 2 aromatic rings. The molecular weight excluding hydrogens is 448 g/mol. The summed E-state index contributed by atoms with van der Waals surface area (Å²) >= 11 is 0. The lowest BCUT2D eigenvalue weighted by Gasteiger charge is -2.46. The van der Waals surface area contributed by atoms with Gasteiger partial charge < -0.3 is 21.7 Å². The number of pyridine rings is 2. The molecule has 2 aliphatic carbocycles. The quantitative estimate of drug-likeness (QED) is 0.418. The highest BCUT2D eigenvalue weighted by molar-refractivity contribution is 5.47. The van der Waals surface area contributed by atoms with Crippen molar-refractivity contribution in [2.75, 3.05) is 11.5 Å². The maximum atomic E-state index is 10.7. The van der Waals surface area contributed by atoms with Gasteiger partial charge in [0, 0.05) is 12.4 Å². The van der Waals surface area contributed by atoms with Crippen LogP contribution in [0.2, 0.25) is 0 Å². The largest absolute Gasteiger partial charge is 0.397 e. The van der Waals surface area contributed by atoms with Crippen LogP contribution in [0.1, 0.15) is 103 Å². The van der Waals surface area contributed by atoms with Crippen molar-refractivity contribution in [2.45, 2.75) is 103 Å². The molecule has 200 valence electrons. The van der Waals surface area contributed by atoms with Gasteiger partial charge in [0.05, 0.1) is 35.0 Å². The van der Waals surface area contributed by atoms with E-state index in [4.69, 9.17) is 11.5 Å². The van der Waals surface area contributed by atoms with E-state index < -0.39 is 11.2 Å². The maximum absolute atomic E-state index is 10.7. The van der Waals surface area contributed by atoms with Crippen LogP contribution in [0.5, 0.6) is 0 Å². The van der Waals surface area contributed by atoms with Crippen molar-refractivity contribution >= 4 is 11.4 Å². The Hall–Kier alpha value is -2.18. The highest BCUT2D eigenvalue weighted by Gasteiger charge is 2.45. The maximum Gasteiger partial charge on any atom is 0.0696 e. The summed E-state index contributed by atoms with van der Waals surface area (Å²) in [5.74, 6) is 2.13. The molecule has 6 N–H and O–H groups in total. The van der Waals surface area contributed by atoms with Gasteiger partial charge in [-0.15, -0.1) is 0 Å². The number of nitrogens with two attached hydrogens (primary N) is 2. The highest BCUT2D eigenvalue weighted by atomic mass is 16.3. The molecule has 2 aliphatic rings. The van der Waals surface area contributed by atoms with Crippen molar-refractivity contribution in [3.63, 3.8) is 0 Å². The van der Waals surface area contributed by atoms with Crippen LogP contribution in [-0.2, 0) is 0 Å². The smallest absolute Gasteiger partial charge is 0.0696 e. The molecule has 0 aliphatic heterocycles. The Bertz CT molecular complexity index is 893. The third kappa shape index (κ3) is 5.55. The number of aromatic nitrogens is 2. The molecule has 0 amide bonds. The van der Waals surface area contributed by atoms with Crippen molar-refractivity contribution in [3.8, 4) is 0 Å². The van der Waals surface area contributed by atoms with Gasteiger partial charge in [-0.05, 0) is 97.3 Å². The molecule has 4 rings (SSSR count). The Balaban J connectivity index is 0.000000201. The van der Waals surface area contributed by atoms with Gasteiger partial charge in [0.2, 0.25) is 0 Å². The first kappa shape index (κ1) is 28.4. The number of nitrogens with zero attached hydrogens (tertiary/aromatic N) is 2. The molecular formula is C30H48N4O2. The molecule has 0 spiro atoms. The predicted molar refractivity (Wildman–Crippen MR) is 148 cm³/mol. The zero-order valence-corrected chi connectivity index (χ0v) is 23.1. The molecule has 0 saturated heterocycles. The van der Waals surface area contributed by atoms with Crippen LogP contribution in [0, 0.1) is 23.7 Å². The Morgan fingerprint density at radius 3 is 1.25 bits per heavy atom. The molecule has 6 nitrogen and oxygen atoms in total. The monoisotopic (exact) mass is 496 g/mol. The zero-order chi connectivity index (χ0) is 26.7. The van der Waals surface area contributed by atoms with Crippen LogP contribution in [-0.4, -0.2) is 31.4 Å². The molecule has 2 heterocycles. The van der Waals surface area contributed by atoms with E-state index in [-0.39, 0.29) is 0 Å². The first-order valence-electron chi connectivity index (χ1n) is 13.8. The SMILES string of the molecule is CCC1(O)[C@H](C)CC(c2ccncc2N)C[C@@H]1C.CCC1(O)[C@H](C)CC(c2ccncc2N)C[C@@H]1C. The van der Waals surface area contributed by atoms with E-state index in [0.717, 1.165) is 49.9 Å². The summed E-state index contributed by atoms with van der Waals surface area (Å²) in [7, 11) is 0. The van der Waals surface area contributed by atoms with Crippen molar-refractivity contribution in [1.82, 2.24) is 9.97 Å². The van der Waals surface area contributed by atoms with E-state index in [1.165, 1.54) is 11.1 Å². The lowest BCUT2D eigenvalue weighted by atomic mass is 9.63. The first-order valence-corrected chi connectivity index (χ1v) is 13.8. The molecule has 0 aromatic carbocycles. The fourth-order valence-electron chi connectivity index (χ4n) is 7.17. The molecule has 36 heavy (non-hydrogen) atoms. The molecule has 0 radical (unpaired) electrons. The van der Waals surface area contributed by atoms with Crippen LogP contribution in [0.4, 0.5) is 11.4 Å². The third-order valence-corrected chi connectivity index (χ3v) is 9.75. The minimum atomic E-state index is -0.516. The molecule has 4 unspecified atom stereocenters. The summed E-state index contributed by atoms with van der Waals surface area (Å²) in [6, 6.07) is 4.05. The van der Waals surface area contributed by atoms with E-state index in [1.54, 1.807) is 12.4 Å². The van der Waals surface area contributed by atoms with Gasteiger partial charge >= 0.3 is 0 Å². The number of rotatable bonds is 4. The summed E-state index contributed by atoms with van der Waals surface area (Å²) in [4.78, 5) is 8.10. The molecule has 2 aromatic heterocycles. The number of hydrogen-bond donors (Lipinski definition) is 4. The molecule has 0 bridgehead atoms. The normalized spacial score (nSPS) is 36.6. The molecule has 2 saturated carbocycles. The third-order valence-electron chi connectivity index (χ3n) is 9.75. The second-order valence-electron chi connectivity index (χ2n) is 11.6. The van der Waals surface area contributed by atoms with E-state index in [1.807, 2.05) is 24.5 Å². The van der Waals surface area contributed by atoms with Gasteiger partial charge in [-0.3, -0.25) is 9.97 Å². The van der Waals surface area contributed by atoms with E-state index in [9.17, 15) is 10.2 Å². The van der Waals surface area contributed by atoms with Gasteiger partial charge in [-0.25, -0.2) is 0 Å². The number of hydrogen-bond acceptors (Lipinski definition) is 6. The topological polar surface area (TPSA) is 118 Å². The predicted octanol–water partition coefficient (Wildman–Crippen LogP) is 5.91. The molecule has 8 atom stereocenters. The van der Waals surface area contributed by atoms with Crippen molar-refractivity contribution < 1.29 is 10.2 Å². The number of anilines is 2. The first-order chi connectivity index (χ1) is 17.0.